The molecule has 2 N–H and O–H groups in total. The first-order valence-electron chi connectivity index (χ1n) is 10.7. The third-order valence-corrected chi connectivity index (χ3v) is 6.19. The number of hydrogen-bond donors (Lipinski definition) is 2. The van der Waals surface area contributed by atoms with Crippen molar-refractivity contribution < 1.29 is 23.9 Å². The lowest BCUT2D eigenvalue weighted by Crippen LogP contribution is -2.54. The molecule has 1 aromatic carbocycles. The van der Waals surface area contributed by atoms with Crippen LogP contribution < -0.4 is 10.6 Å². The Morgan fingerprint density at radius 3 is 2.48 bits per heavy atom. The van der Waals surface area contributed by atoms with E-state index in [1.165, 1.54) is 0 Å². The first-order valence-corrected chi connectivity index (χ1v) is 10.7. The Labute approximate surface area is 182 Å². The van der Waals surface area contributed by atoms with Crippen molar-refractivity contribution in [1.82, 2.24) is 10.2 Å². The fourth-order valence-electron chi connectivity index (χ4n) is 4.21. The molecule has 8 heteroatoms. The van der Waals surface area contributed by atoms with Crippen LogP contribution in [0.4, 0.5) is 10.5 Å². The first-order chi connectivity index (χ1) is 14.5. The maximum atomic E-state index is 12.9. The molecule has 0 bridgehead atoms. The summed E-state index contributed by atoms with van der Waals surface area (Å²) in [7, 11) is 0. The van der Waals surface area contributed by atoms with Gasteiger partial charge in [0.25, 0.3) is 11.8 Å². The van der Waals surface area contributed by atoms with Gasteiger partial charge in [-0.1, -0.05) is 52.7 Å². The molecule has 1 saturated carbocycles. The van der Waals surface area contributed by atoms with E-state index < -0.39 is 36.6 Å². The van der Waals surface area contributed by atoms with Crippen LogP contribution in [0.1, 0.15) is 58.9 Å². The molecule has 0 unspecified atom stereocenters. The monoisotopic (exact) mass is 429 g/mol. The van der Waals surface area contributed by atoms with Crippen molar-refractivity contribution in [2.24, 2.45) is 5.92 Å². The lowest BCUT2D eigenvalue weighted by atomic mass is 9.73. The van der Waals surface area contributed by atoms with E-state index >= 15 is 0 Å². The number of amides is 4. The number of ether oxygens (including phenoxy) is 1. The second kappa shape index (κ2) is 8.69. The maximum Gasteiger partial charge on any atom is 0.326 e. The number of nitrogens with one attached hydrogen (secondary N) is 2. The normalized spacial score (nSPS) is 23.6. The molecule has 1 aliphatic carbocycles. The zero-order valence-electron chi connectivity index (χ0n) is 18.6. The summed E-state index contributed by atoms with van der Waals surface area (Å²) < 4.78 is 4.99. The van der Waals surface area contributed by atoms with Gasteiger partial charge in [0.2, 0.25) is 0 Å². The smallest absolute Gasteiger partial charge is 0.326 e. The SMILES string of the molecule is C[C@H]1CCCC[C@@]12NC(=O)N(CC(=O)OCC(=O)Nc1ccc(C(C)(C)C)cc1)C2=O. The van der Waals surface area contributed by atoms with E-state index in [-0.39, 0.29) is 17.2 Å². The van der Waals surface area contributed by atoms with Gasteiger partial charge < -0.3 is 15.4 Å². The molecule has 4 amide bonds. The van der Waals surface area contributed by atoms with Crippen LogP contribution in [-0.2, 0) is 24.5 Å². The highest BCUT2D eigenvalue weighted by molar-refractivity contribution is 6.09. The minimum atomic E-state index is -0.924. The molecule has 0 aromatic heterocycles. The minimum absolute atomic E-state index is 0.00532. The van der Waals surface area contributed by atoms with Crippen LogP contribution in [0, 0.1) is 5.92 Å². The molecule has 1 aliphatic heterocycles. The Bertz CT molecular complexity index is 874. The van der Waals surface area contributed by atoms with Crippen molar-refractivity contribution in [3.05, 3.63) is 29.8 Å². The zero-order valence-corrected chi connectivity index (χ0v) is 18.6. The fourth-order valence-corrected chi connectivity index (χ4v) is 4.21. The number of carbonyl (C=O) groups excluding carboxylic acids is 4. The lowest BCUT2D eigenvalue weighted by molar-refractivity contribution is -0.150. The summed E-state index contributed by atoms with van der Waals surface area (Å²) >= 11 is 0. The number of nitrogens with zero attached hydrogens (tertiary/aromatic N) is 1. The predicted octanol–water partition coefficient (Wildman–Crippen LogP) is 2.97. The largest absolute Gasteiger partial charge is 0.454 e. The molecular weight excluding hydrogens is 398 g/mol. The Morgan fingerprint density at radius 1 is 1.19 bits per heavy atom. The molecule has 2 fully saturated rings. The van der Waals surface area contributed by atoms with Crippen LogP contribution >= 0.6 is 0 Å². The minimum Gasteiger partial charge on any atom is -0.454 e. The second-order valence-corrected chi connectivity index (χ2v) is 9.48. The molecule has 31 heavy (non-hydrogen) atoms. The molecule has 1 aromatic rings. The highest BCUT2D eigenvalue weighted by atomic mass is 16.5. The van der Waals surface area contributed by atoms with Gasteiger partial charge in [0.15, 0.2) is 6.61 Å². The van der Waals surface area contributed by atoms with Crippen LogP contribution in [0.25, 0.3) is 0 Å². The molecule has 1 heterocycles. The van der Waals surface area contributed by atoms with Gasteiger partial charge in [-0.2, -0.15) is 0 Å². The molecule has 1 spiro atoms. The molecular formula is C23H31N3O5. The average Bonchev–Trinajstić information content (AvgIpc) is 2.93. The van der Waals surface area contributed by atoms with Gasteiger partial charge in [-0.3, -0.25) is 19.3 Å². The van der Waals surface area contributed by atoms with Crippen LogP contribution in [0.3, 0.4) is 0 Å². The summed E-state index contributed by atoms with van der Waals surface area (Å²) in [6.07, 6.45) is 3.29. The third-order valence-electron chi connectivity index (χ3n) is 6.19. The molecule has 0 radical (unpaired) electrons. The number of esters is 1. The van der Waals surface area contributed by atoms with Crippen molar-refractivity contribution in [2.75, 3.05) is 18.5 Å². The Hall–Kier alpha value is -2.90. The number of benzene rings is 1. The average molecular weight is 430 g/mol. The molecule has 3 rings (SSSR count). The van der Waals surface area contributed by atoms with Crippen LogP contribution in [0.5, 0.6) is 0 Å². The maximum absolute atomic E-state index is 12.9. The second-order valence-electron chi connectivity index (χ2n) is 9.48. The van der Waals surface area contributed by atoms with Crippen LogP contribution in [0.2, 0.25) is 0 Å². The molecule has 1 saturated heterocycles. The summed E-state index contributed by atoms with van der Waals surface area (Å²) in [6.45, 7) is 7.24. The van der Waals surface area contributed by atoms with E-state index in [1.54, 1.807) is 12.1 Å². The number of urea groups is 1. The summed E-state index contributed by atoms with van der Waals surface area (Å²) in [6, 6.07) is 6.86. The van der Waals surface area contributed by atoms with Crippen molar-refractivity contribution in [2.45, 2.75) is 64.3 Å². The Kier molecular flexibility index (Phi) is 6.38. The molecule has 168 valence electrons. The van der Waals surface area contributed by atoms with Gasteiger partial charge in [-0.15, -0.1) is 0 Å². The van der Waals surface area contributed by atoms with Crippen molar-refractivity contribution in [3.8, 4) is 0 Å². The van der Waals surface area contributed by atoms with Crippen molar-refractivity contribution in [1.29, 1.82) is 0 Å². The van der Waals surface area contributed by atoms with E-state index in [1.807, 2.05) is 19.1 Å². The lowest BCUT2D eigenvalue weighted by Gasteiger charge is -2.36. The van der Waals surface area contributed by atoms with E-state index in [0.717, 1.165) is 29.7 Å². The Balaban J connectivity index is 1.50. The highest BCUT2D eigenvalue weighted by Gasteiger charge is 2.55. The third kappa shape index (κ3) is 4.89. The molecule has 2 atom stereocenters. The summed E-state index contributed by atoms with van der Waals surface area (Å²) in [4.78, 5) is 50.4. The number of rotatable bonds is 5. The number of carbonyl (C=O) groups is 4. The van der Waals surface area contributed by atoms with E-state index in [0.29, 0.717) is 12.1 Å². The van der Waals surface area contributed by atoms with Gasteiger partial charge in [0, 0.05) is 5.69 Å². The number of imide groups is 1. The number of hydrogen-bond acceptors (Lipinski definition) is 5. The van der Waals surface area contributed by atoms with Gasteiger partial charge in [0.05, 0.1) is 0 Å². The summed E-state index contributed by atoms with van der Waals surface area (Å²) in [5.41, 5.74) is 0.810. The van der Waals surface area contributed by atoms with Crippen LogP contribution in [0.15, 0.2) is 24.3 Å². The zero-order chi connectivity index (χ0) is 22.8. The number of anilines is 1. The standard InChI is InChI=1S/C23H31N3O5/c1-15-7-5-6-12-23(15)20(29)26(21(30)25-23)13-19(28)31-14-18(27)24-17-10-8-16(9-11-17)22(2,3)4/h8-11,15H,5-7,12-14H2,1-4H3,(H,24,27)(H,25,30)/t15-,23+/m0/s1. The van der Waals surface area contributed by atoms with Crippen molar-refractivity contribution >= 4 is 29.5 Å². The van der Waals surface area contributed by atoms with Gasteiger partial charge in [-0.05, 0) is 41.9 Å². The summed E-state index contributed by atoms with van der Waals surface area (Å²) in [5, 5.41) is 5.45. The van der Waals surface area contributed by atoms with Crippen molar-refractivity contribution in [3.63, 3.8) is 0 Å². The summed E-state index contributed by atoms with van der Waals surface area (Å²) in [5.74, 6) is -1.67. The van der Waals surface area contributed by atoms with E-state index in [9.17, 15) is 19.2 Å². The Morgan fingerprint density at radius 2 is 1.87 bits per heavy atom. The topological polar surface area (TPSA) is 105 Å². The van der Waals surface area contributed by atoms with Gasteiger partial charge >= 0.3 is 12.0 Å². The van der Waals surface area contributed by atoms with Gasteiger partial charge in [-0.25, -0.2) is 4.79 Å². The van der Waals surface area contributed by atoms with Crippen LogP contribution in [-0.4, -0.2) is 47.4 Å². The van der Waals surface area contributed by atoms with E-state index in [4.69, 9.17) is 4.74 Å². The van der Waals surface area contributed by atoms with E-state index in [2.05, 4.69) is 31.4 Å². The first kappa shape index (κ1) is 22.8. The fraction of sp³-hybridized carbons (Fsp3) is 0.565. The molecule has 2 aliphatic rings. The van der Waals surface area contributed by atoms with Gasteiger partial charge in [0.1, 0.15) is 12.1 Å². The molecule has 8 nitrogen and oxygen atoms in total. The predicted molar refractivity (Wildman–Crippen MR) is 115 cm³/mol. The quantitative estimate of drug-likeness (QED) is 0.553. The highest BCUT2D eigenvalue weighted by Crippen LogP contribution is 2.38.